The van der Waals surface area contributed by atoms with Crippen LogP contribution in [0.3, 0.4) is 0 Å². The third-order valence-electron chi connectivity index (χ3n) is 6.09. The van der Waals surface area contributed by atoms with E-state index in [1.54, 1.807) is 43.5 Å². The first-order valence-corrected chi connectivity index (χ1v) is 14.2. The van der Waals surface area contributed by atoms with Crippen LogP contribution in [0.4, 0.5) is 0 Å². The maximum absolute atomic E-state index is 13.6. The molecule has 0 fully saturated rings. The first-order valence-electron chi connectivity index (χ1n) is 12.0. The topological polar surface area (TPSA) is 96.0 Å². The Morgan fingerprint density at radius 3 is 2.11 bits per heavy atom. The monoisotopic (exact) mass is 557 g/mol. The Hall–Kier alpha value is -3.40. The lowest BCUT2D eigenvalue weighted by molar-refractivity contribution is -0.141. The minimum atomic E-state index is -3.61. The van der Waals surface area contributed by atoms with Gasteiger partial charge >= 0.3 is 0 Å². The lowest BCUT2D eigenvalue weighted by atomic mass is 10.0. The van der Waals surface area contributed by atoms with Crippen molar-refractivity contribution in [3.63, 3.8) is 0 Å². The zero-order valence-electron chi connectivity index (χ0n) is 21.6. The van der Waals surface area contributed by atoms with E-state index in [9.17, 15) is 18.0 Å². The second-order valence-electron chi connectivity index (χ2n) is 8.94. The van der Waals surface area contributed by atoms with Gasteiger partial charge in [-0.15, -0.1) is 0 Å². The van der Waals surface area contributed by atoms with E-state index in [1.165, 1.54) is 11.9 Å². The number of likely N-dealkylation sites (N-methyl/N-ethyl adjacent to an activating group) is 1. The van der Waals surface area contributed by atoms with Gasteiger partial charge in [0.25, 0.3) is 0 Å². The molecule has 0 saturated heterocycles. The molecule has 0 heterocycles. The van der Waals surface area contributed by atoms with Gasteiger partial charge in [-0.25, -0.2) is 8.42 Å². The fraction of sp³-hybridized carbons (Fsp3) is 0.286. The SMILES string of the molecule is COc1ccc(CNC(=O)[C@@H](Cc2ccccc2)N(Cc2ccc(Cl)cc2)C(=O)CN(C)S(C)(=O)=O)cc1. The van der Waals surface area contributed by atoms with Crippen LogP contribution in [0, 0.1) is 0 Å². The van der Waals surface area contributed by atoms with Crippen molar-refractivity contribution in [1.82, 2.24) is 14.5 Å². The van der Waals surface area contributed by atoms with E-state index < -0.39 is 28.5 Å². The summed E-state index contributed by atoms with van der Waals surface area (Å²) >= 11 is 6.04. The van der Waals surface area contributed by atoms with Crippen molar-refractivity contribution in [2.75, 3.05) is 27.0 Å². The third-order valence-corrected chi connectivity index (χ3v) is 7.60. The van der Waals surface area contributed by atoms with Gasteiger partial charge in [-0.05, 0) is 41.0 Å². The summed E-state index contributed by atoms with van der Waals surface area (Å²) in [5.74, 6) is -0.140. The number of nitrogens with zero attached hydrogens (tertiary/aromatic N) is 2. The van der Waals surface area contributed by atoms with E-state index in [1.807, 2.05) is 42.5 Å². The van der Waals surface area contributed by atoms with Gasteiger partial charge in [0.2, 0.25) is 21.8 Å². The molecule has 0 saturated carbocycles. The molecule has 38 heavy (non-hydrogen) atoms. The van der Waals surface area contributed by atoms with E-state index >= 15 is 0 Å². The number of rotatable bonds is 12. The maximum atomic E-state index is 13.6. The summed E-state index contributed by atoms with van der Waals surface area (Å²) < 4.78 is 30.2. The van der Waals surface area contributed by atoms with Crippen LogP contribution in [0.5, 0.6) is 5.75 Å². The molecule has 0 spiro atoms. The van der Waals surface area contributed by atoms with Crippen molar-refractivity contribution in [1.29, 1.82) is 0 Å². The van der Waals surface area contributed by atoms with Crippen molar-refractivity contribution in [2.24, 2.45) is 0 Å². The summed E-state index contributed by atoms with van der Waals surface area (Å²) in [5, 5.41) is 3.49. The Kier molecular flexibility index (Phi) is 10.3. The molecule has 1 N–H and O–H groups in total. The van der Waals surface area contributed by atoms with Crippen LogP contribution in [0.15, 0.2) is 78.9 Å². The number of nitrogens with one attached hydrogen (secondary N) is 1. The number of carbonyl (C=O) groups excluding carboxylic acids is 2. The molecule has 0 radical (unpaired) electrons. The smallest absolute Gasteiger partial charge is 0.243 e. The second kappa shape index (κ2) is 13.4. The van der Waals surface area contributed by atoms with Crippen molar-refractivity contribution in [3.05, 3.63) is 101 Å². The molecule has 1 atom stereocenters. The molecule has 202 valence electrons. The number of hydrogen-bond donors (Lipinski definition) is 1. The van der Waals surface area contributed by atoms with Gasteiger partial charge in [-0.2, -0.15) is 4.31 Å². The van der Waals surface area contributed by atoms with Crippen LogP contribution < -0.4 is 10.1 Å². The molecule has 0 aliphatic heterocycles. The predicted octanol–water partition coefficient (Wildman–Crippen LogP) is 3.50. The van der Waals surface area contributed by atoms with Gasteiger partial charge < -0.3 is 15.0 Å². The molecule has 0 unspecified atom stereocenters. The van der Waals surface area contributed by atoms with Gasteiger partial charge in [0.05, 0.1) is 19.9 Å². The van der Waals surface area contributed by atoms with Crippen molar-refractivity contribution in [2.45, 2.75) is 25.6 Å². The molecule has 3 aromatic rings. The van der Waals surface area contributed by atoms with Crippen molar-refractivity contribution < 1.29 is 22.7 Å². The Morgan fingerprint density at radius 2 is 1.53 bits per heavy atom. The van der Waals surface area contributed by atoms with Gasteiger partial charge in [0.15, 0.2) is 0 Å². The quantitative estimate of drug-likeness (QED) is 0.368. The van der Waals surface area contributed by atoms with Gasteiger partial charge in [-0.1, -0.05) is 66.2 Å². The van der Waals surface area contributed by atoms with Crippen LogP contribution in [0.1, 0.15) is 16.7 Å². The number of sulfonamides is 1. The molecule has 8 nitrogen and oxygen atoms in total. The fourth-order valence-corrected chi connectivity index (χ4v) is 4.26. The molecular formula is C28H32ClN3O5S. The minimum absolute atomic E-state index is 0.0983. The minimum Gasteiger partial charge on any atom is -0.497 e. The molecular weight excluding hydrogens is 526 g/mol. The van der Waals surface area contributed by atoms with Crippen LogP contribution in [-0.2, 0) is 39.1 Å². The summed E-state index contributed by atoms with van der Waals surface area (Å²) in [5.41, 5.74) is 2.48. The molecule has 0 aliphatic rings. The average Bonchev–Trinajstić information content (AvgIpc) is 2.90. The first-order chi connectivity index (χ1) is 18.1. The number of methoxy groups -OCH3 is 1. The summed E-state index contributed by atoms with van der Waals surface area (Å²) in [7, 11) is -0.690. The highest BCUT2D eigenvalue weighted by molar-refractivity contribution is 7.88. The van der Waals surface area contributed by atoms with E-state index in [0.717, 1.165) is 27.3 Å². The molecule has 3 aromatic carbocycles. The van der Waals surface area contributed by atoms with Crippen LogP contribution in [-0.4, -0.2) is 62.4 Å². The zero-order chi connectivity index (χ0) is 27.7. The first kappa shape index (κ1) is 29.2. The molecule has 10 heteroatoms. The average molecular weight is 558 g/mol. The number of benzene rings is 3. The number of carbonyl (C=O) groups is 2. The van der Waals surface area contributed by atoms with E-state index in [0.29, 0.717) is 10.8 Å². The summed E-state index contributed by atoms with van der Waals surface area (Å²) in [6.07, 6.45) is 1.28. The lowest BCUT2D eigenvalue weighted by Crippen LogP contribution is -2.52. The lowest BCUT2D eigenvalue weighted by Gasteiger charge is -2.32. The Labute approximate surface area is 229 Å². The van der Waals surface area contributed by atoms with Gasteiger partial charge in [-0.3, -0.25) is 9.59 Å². The van der Waals surface area contributed by atoms with Crippen LogP contribution in [0.2, 0.25) is 5.02 Å². The number of amides is 2. The largest absolute Gasteiger partial charge is 0.497 e. The van der Waals surface area contributed by atoms with E-state index in [4.69, 9.17) is 16.3 Å². The summed E-state index contributed by atoms with van der Waals surface area (Å²) in [4.78, 5) is 28.6. The van der Waals surface area contributed by atoms with Crippen molar-refractivity contribution >= 4 is 33.4 Å². The zero-order valence-corrected chi connectivity index (χ0v) is 23.2. The highest BCUT2D eigenvalue weighted by Gasteiger charge is 2.31. The maximum Gasteiger partial charge on any atom is 0.243 e. The Morgan fingerprint density at radius 1 is 0.921 bits per heavy atom. The Balaban J connectivity index is 1.92. The van der Waals surface area contributed by atoms with E-state index in [-0.39, 0.29) is 25.4 Å². The highest BCUT2D eigenvalue weighted by Crippen LogP contribution is 2.18. The predicted molar refractivity (Wildman–Crippen MR) is 148 cm³/mol. The van der Waals surface area contributed by atoms with Gasteiger partial charge in [0.1, 0.15) is 11.8 Å². The molecule has 0 aliphatic carbocycles. The number of halogens is 1. The second-order valence-corrected chi connectivity index (χ2v) is 11.5. The van der Waals surface area contributed by atoms with Crippen LogP contribution >= 0.6 is 11.6 Å². The number of hydrogen-bond acceptors (Lipinski definition) is 5. The molecule has 3 rings (SSSR count). The standard InChI is InChI=1S/C28H32ClN3O5S/c1-31(38(3,35)36)20-27(33)32(19-23-9-13-24(29)14-10-23)26(17-21-7-5-4-6-8-21)28(34)30-18-22-11-15-25(37-2)16-12-22/h4-16,26H,17-20H2,1-3H3,(H,30,34)/t26-/m1/s1. The van der Waals surface area contributed by atoms with Crippen molar-refractivity contribution in [3.8, 4) is 5.75 Å². The summed E-state index contributed by atoms with van der Waals surface area (Å²) in [6, 6.07) is 22.8. The normalized spacial score (nSPS) is 12.1. The molecule has 2 amide bonds. The number of ether oxygens (including phenoxy) is 1. The summed E-state index contributed by atoms with van der Waals surface area (Å²) in [6.45, 7) is -0.0507. The highest BCUT2D eigenvalue weighted by atomic mass is 35.5. The molecule has 0 aromatic heterocycles. The molecule has 0 bridgehead atoms. The fourth-order valence-electron chi connectivity index (χ4n) is 3.79. The van der Waals surface area contributed by atoms with Gasteiger partial charge in [0, 0.05) is 31.6 Å². The third kappa shape index (κ3) is 8.58. The van der Waals surface area contributed by atoms with E-state index in [2.05, 4.69) is 5.32 Å². The van der Waals surface area contributed by atoms with Crippen LogP contribution in [0.25, 0.3) is 0 Å². The Bertz CT molecular complexity index is 1320.